The average molecular weight is 356 g/mol. The fraction of sp³-hybridized carbons (Fsp3) is 0.524. The van der Waals surface area contributed by atoms with Gasteiger partial charge in [0.05, 0.1) is 5.57 Å². The molecule has 0 saturated carbocycles. The monoisotopic (exact) mass is 356 g/mol. The van der Waals surface area contributed by atoms with Gasteiger partial charge >= 0.3 is 0 Å². The Morgan fingerprint density at radius 1 is 1.19 bits per heavy atom. The lowest BCUT2D eigenvalue weighted by atomic mass is 9.95. The van der Waals surface area contributed by atoms with Crippen molar-refractivity contribution in [3.8, 4) is 0 Å². The van der Waals surface area contributed by atoms with Gasteiger partial charge in [0.15, 0.2) is 0 Å². The lowest BCUT2D eigenvalue weighted by Crippen LogP contribution is -2.40. The summed E-state index contributed by atoms with van der Waals surface area (Å²) in [6, 6.07) is 5.99. The van der Waals surface area contributed by atoms with Crippen LogP contribution in [0.5, 0.6) is 0 Å². The molecule has 5 nitrogen and oxygen atoms in total. The predicted molar refractivity (Wildman–Crippen MR) is 101 cm³/mol. The molecule has 0 bridgehead atoms. The number of hydrogen-bond acceptors (Lipinski definition) is 4. The summed E-state index contributed by atoms with van der Waals surface area (Å²) in [5.41, 5.74) is 4.03. The van der Waals surface area contributed by atoms with E-state index in [1.165, 1.54) is 4.90 Å². The van der Waals surface area contributed by atoms with Gasteiger partial charge in [0.1, 0.15) is 5.70 Å². The average Bonchev–Trinajstić information content (AvgIpc) is 2.87. The molecule has 0 aromatic heterocycles. The molecule has 1 saturated heterocycles. The highest BCUT2D eigenvalue weighted by Crippen LogP contribution is 2.35. The normalized spacial score (nSPS) is 21.2. The van der Waals surface area contributed by atoms with Gasteiger partial charge < -0.3 is 10.0 Å². The number of benzene rings is 1. The van der Waals surface area contributed by atoms with Crippen molar-refractivity contribution in [1.82, 2.24) is 9.80 Å². The van der Waals surface area contributed by atoms with Crippen molar-refractivity contribution in [1.29, 1.82) is 0 Å². The Morgan fingerprint density at radius 2 is 1.96 bits per heavy atom. The Balaban J connectivity index is 2.10. The van der Waals surface area contributed by atoms with Gasteiger partial charge in [0.2, 0.25) is 0 Å². The third-order valence-corrected chi connectivity index (χ3v) is 5.34. The number of carbonyl (C=O) groups excluding carboxylic acids is 2. The Labute approximate surface area is 155 Å². The van der Waals surface area contributed by atoms with Crippen molar-refractivity contribution in [2.75, 3.05) is 26.2 Å². The van der Waals surface area contributed by atoms with E-state index in [-0.39, 0.29) is 24.3 Å². The van der Waals surface area contributed by atoms with Crippen molar-refractivity contribution < 1.29 is 14.7 Å². The third-order valence-electron chi connectivity index (χ3n) is 5.34. The molecule has 1 aromatic carbocycles. The van der Waals surface area contributed by atoms with E-state index in [9.17, 15) is 14.7 Å². The molecular formula is C21H28N2O3. The summed E-state index contributed by atoms with van der Waals surface area (Å²) in [7, 11) is 0. The molecule has 140 valence electrons. The number of likely N-dealkylation sites (tertiary alicyclic amines) is 1. The van der Waals surface area contributed by atoms with Crippen LogP contribution in [0.15, 0.2) is 23.9 Å². The number of aliphatic hydroxyl groups excluding tert-OH is 1. The van der Waals surface area contributed by atoms with Gasteiger partial charge in [0.25, 0.3) is 11.8 Å². The molecule has 2 aliphatic rings. The summed E-state index contributed by atoms with van der Waals surface area (Å²) >= 11 is 0. The van der Waals surface area contributed by atoms with Crippen LogP contribution in [0, 0.1) is 19.8 Å². The van der Waals surface area contributed by atoms with Crippen LogP contribution >= 0.6 is 0 Å². The van der Waals surface area contributed by atoms with Gasteiger partial charge in [-0.3, -0.25) is 14.5 Å². The summed E-state index contributed by atoms with van der Waals surface area (Å²) in [5.74, 6) is -0.227. The molecule has 2 amide bonds. The quantitative estimate of drug-likeness (QED) is 0.824. The number of amides is 2. The number of hydrogen-bond donors (Lipinski definition) is 1. The highest BCUT2D eigenvalue weighted by molar-refractivity contribution is 6.35. The number of rotatable bonds is 5. The van der Waals surface area contributed by atoms with Crippen molar-refractivity contribution in [2.24, 2.45) is 5.92 Å². The number of imide groups is 1. The predicted octanol–water partition coefficient (Wildman–Crippen LogP) is 2.50. The van der Waals surface area contributed by atoms with Gasteiger partial charge in [-0.05, 0) is 50.2 Å². The zero-order chi connectivity index (χ0) is 18.8. The molecule has 2 heterocycles. The molecule has 1 unspecified atom stereocenters. The SMILES string of the molecule is CCCN1C(=O)C(c2ccc(C)cc2C)=C(N2CCCC(CO)C2)C1=O. The largest absolute Gasteiger partial charge is 0.396 e. The second-order valence-electron chi connectivity index (χ2n) is 7.44. The van der Waals surface area contributed by atoms with E-state index >= 15 is 0 Å². The first-order valence-corrected chi connectivity index (χ1v) is 9.51. The molecule has 0 aliphatic carbocycles. The van der Waals surface area contributed by atoms with Gasteiger partial charge in [-0.1, -0.05) is 30.7 Å². The molecule has 0 spiro atoms. The molecule has 1 N–H and O–H groups in total. The first-order valence-electron chi connectivity index (χ1n) is 9.51. The zero-order valence-electron chi connectivity index (χ0n) is 15.9. The molecule has 1 atom stereocenters. The highest BCUT2D eigenvalue weighted by atomic mass is 16.3. The Bertz CT molecular complexity index is 754. The van der Waals surface area contributed by atoms with Crippen LogP contribution in [0.4, 0.5) is 0 Å². The second kappa shape index (κ2) is 7.62. The lowest BCUT2D eigenvalue weighted by Gasteiger charge is -2.34. The fourth-order valence-corrected chi connectivity index (χ4v) is 4.04. The van der Waals surface area contributed by atoms with E-state index in [1.807, 2.05) is 43.9 Å². The molecule has 2 aliphatic heterocycles. The maximum absolute atomic E-state index is 13.1. The van der Waals surface area contributed by atoms with Crippen molar-refractivity contribution in [3.05, 3.63) is 40.6 Å². The summed E-state index contributed by atoms with van der Waals surface area (Å²) < 4.78 is 0. The number of aliphatic hydroxyl groups is 1. The van der Waals surface area contributed by atoms with E-state index < -0.39 is 0 Å². The van der Waals surface area contributed by atoms with E-state index in [1.54, 1.807) is 0 Å². The summed E-state index contributed by atoms with van der Waals surface area (Å²) in [4.78, 5) is 29.6. The number of piperidine rings is 1. The van der Waals surface area contributed by atoms with E-state index in [0.717, 1.165) is 42.5 Å². The molecule has 1 aromatic rings. The standard InChI is InChI=1S/C21H28N2O3/c1-4-9-23-20(25)18(17-8-7-14(2)11-15(17)3)19(21(23)26)22-10-5-6-16(12-22)13-24/h7-8,11,16,24H,4-6,9-10,12-13H2,1-3H3. The van der Waals surface area contributed by atoms with Crippen LogP contribution < -0.4 is 0 Å². The Kier molecular flexibility index (Phi) is 5.47. The Hall–Kier alpha value is -2.14. The van der Waals surface area contributed by atoms with Crippen LogP contribution in [0.3, 0.4) is 0 Å². The first-order chi connectivity index (χ1) is 12.5. The minimum absolute atomic E-state index is 0.115. The lowest BCUT2D eigenvalue weighted by molar-refractivity contribution is -0.137. The van der Waals surface area contributed by atoms with E-state index in [0.29, 0.717) is 24.4 Å². The molecule has 26 heavy (non-hydrogen) atoms. The van der Waals surface area contributed by atoms with Gasteiger partial charge in [-0.25, -0.2) is 0 Å². The van der Waals surface area contributed by atoms with Crippen LogP contribution in [-0.2, 0) is 9.59 Å². The van der Waals surface area contributed by atoms with Crippen molar-refractivity contribution >= 4 is 17.4 Å². The molecule has 5 heteroatoms. The summed E-state index contributed by atoms with van der Waals surface area (Å²) in [6.45, 7) is 7.90. The van der Waals surface area contributed by atoms with Crippen LogP contribution in [0.2, 0.25) is 0 Å². The minimum Gasteiger partial charge on any atom is -0.396 e. The minimum atomic E-state index is -0.190. The zero-order valence-corrected chi connectivity index (χ0v) is 15.9. The smallest absolute Gasteiger partial charge is 0.277 e. The second-order valence-corrected chi connectivity index (χ2v) is 7.44. The maximum Gasteiger partial charge on any atom is 0.277 e. The molecule has 3 rings (SSSR count). The topological polar surface area (TPSA) is 60.9 Å². The first kappa shape index (κ1) is 18.6. The third kappa shape index (κ3) is 3.28. The molecule has 1 fully saturated rings. The number of aryl methyl sites for hydroxylation is 2. The van der Waals surface area contributed by atoms with Crippen LogP contribution in [0.1, 0.15) is 42.9 Å². The van der Waals surface area contributed by atoms with Gasteiger partial charge in [-0.2, -0.15) is 0 Å². The molecular weight excluding hydrogens is 328 g/mol. The Morgan fingerprint density at radius 3 is 2.62 bits per heavy atom. The van der Waals surface area contributed by atoms with Crippen molar-refractivity contribution in [2.45, 2.75) is 40.0 Å². The number of nitrogens with zero attached hydrogens (tertiary/aromatic N) is 2. The maximum atomic E-state index is 13.1. The van der Waals surface area contributed by atoms with Crippen LogP contribution in [-0.4, -0.2) is 53.0 Å². The van der Waals surface area contributed by atoms with E-state index in [2.05, 4.69) is 0 Å². The van der Waals surface area contributed by atoms with E-state index in [4.69, 9.17) is 0 Å². The van der Waals surface area contributed by atoms with Crippen LogP contribution in [0.25, 0.3) is 5.57 Å². The van der Waals surface area contributed by atoms with Crippen molar-refractivity contribution in [3.63, 3.8) is 0 Å². The van der Waals surface area contributed by atoms with Gasteiger partial charge in [0, 0.05) is 26.2 Å². The number of carbonyl (C=O) groups is 2. The highest BCUT2D eigenvalue weighted by Gasteiger charge is 2.42. The summed E-state index contributed by atoms with van der Waals surface area (Å²) in [6.07, 6.45) is 2.62. The summed E-state index contributed by atoms with van der Waals surface area (Å²) in [5, 5.41) is 9.56. The van der Waals surface area contributed by atoms with Gasteiger partial charge in [-0.15, -0.1) is 0 Å². The molecule has 0 radical (unpaired) electrons. The fourth-order valence-electron chi connectivity index (χ4n) is 4.04.